The third-order valence-corrected chi connectivity index (χ3v) is 5.69. The lowest BCUT2D eigenvalue weighted by Gasteiger charge is -2.24. The van der Waals surface area contributed by atoms with Gasteiger partial charge >= 0.3 is 0 Å². The van der Waals surface area contributed by atoms with Crippen LogP contribution in [-0.4, -0.2) is 15.1 Å². The molecule has 4 rings (SSSR count). The Bertz CT molecular complexity index is 1260. The van der Waals surface area contributed by atoms with Gasteiger partial charge in [-0.3, -0.25) is 0 Å². The molecule has 1 unspecified atom stereocenters. The number of fused-ring (bicyclic) bond motifs is 1. The first kappa shape index (κ1) is 20.7. The molecule has 4 nitrogen and oxygen atoms in total. The van der Waals surface area contributed by atoms with E-state index in [2.05, 4.69) is 15.3 Å². The summed E-state index contributed by atoms with van der Waals surface area (Å²) in [7, 11) is 0. The zero-order valence-electron chi connectivity index (χ0n) is 16.2. The summed E-state index contributed by atoms with van der Waals surface area (Å²) in [5, 5.41) is 16.9. The Morgan fingerprint density at radius 3 is 2.37 bits per heavy atom. The number of aromatic nitrogens is 2. The molecule has 0 aliphatic rings. The van der Waals surface area contributed by atoms with Gasteiger partial charge in [-0.05, 0) is 49.2 Å². The molecule has 0 fully saturated rings. The van der Waals surface area contributed by atoms with Gasteiger partial charge in [0.15, 0.2) is 0 Å². The van der Waals surface area contributed by atoms with Crippen LogP contribution in [-0.2, 0) is 0 Å². The molecule has 0 aliphatic carbocycles. The molecule has 0 radical (unpaired) electrons. The Labute approximate surface area is 189 Å². The van der Waals surface area contributed by atoms with Gasteiger partial charge in [0.1, 0.15) is 17.1 Å². The molecule has 4 aromatic rings. The largest absolute Gasteiger partial charge is 0.505 e. The minimum absolute atomic E-state index is 0.0892. The van der Waals surface area contributed by atoms with Crippen molar-refractivity contribution in [2.45, 2.75) is 19.9 Å². The normalized spacial score (nSPS) is 12.2. The highest BCUT2D eigenvalue weighted by atomic mass is 35.5. The van der Waals surface area contributed by atoms with E-state index in [1.165, 1.54) is 0 Å². The number of nitrogens with one attached hydrogen (secondary N) is 1. The van der Waals surface area contributed by atoms with E-state index in [1.807, 2.05) is 50.2 Å². The lowest BCUT2D eigenvalue weighted by molar-refractivity contribution is 0.471. The van der Waals surface area contributed by atoms with Crippen molar-refractivity contribution in [3.05, 3.63) is 92.2 Å². The summed E-state index contributed by atoms with van der Waals surface area (Å²) in [5.41, 5.74) is 3.59. The van der Waals surface area contributed by atoms with Crippen LogP contribution < -0.4 is 5.32 Å². The van der Waals surface area contributed by atoms with Crippen LogP contribution in [0.4, 0.5) is 5.82 Å². The second-order valence-corrected chi connectivity index (χ2v) is 8.37. The molecule has 2 aromatic carbocycles. The van der Waals surface area contributed by atoms with Crippen LogP contribution in [0.3, 0.4) is 0 Å². The van der Waals surface area contributed by atoms with Crippen molar-refractivity contribution >= 4 is 51.5 Å². The Kier molecular flexibility index (Phi) is 5.74. The molecule has 7 heteroatoms. The summed E-state index contributed by atoms with van der Waals surface area (Å²) >= 11 is 18.7. The maximum absolute atomic E-state index is 11.1. The second-order valence-electron chi connectivity index (χ2n) is 7.09. The molecule has 0 spiro atoms. The predicted molar refractivity (Wildman–Crippen MR) is 124 cm³/mol. The van der Waals surface area contributed by atoms with E-state index in [0.717, 1.165) is 22.2 Å². The smallest absolute Gasteiger partial charge is 0.147 e. The van der Waals surface area contributed by atoms with Gasteiger partial charge < -0.3 is 10.4 Å². The first-order chi connectivity index (χ1) is 14.3. The fourth-order valence-electron chi connectivity index (χ4n) is 3.41. The van der Waals surface area contributed by atoms with Crippen LogP contribution in [0.2, 0.25) is 15.1 Å². The average molecular weight is 459 g/mol. The number of halogens is 3. The number of nitrogens with zero attached hydrogens (tertiary/aromatic N) is 2. The Morgan fingerprint density at radius 1 is 0.900 bits per heavy atom. The number of aryl methyl sites for hydroxylation is 2. The van der Waals surface area contributed by atoms with E-state index in [-0.39, 0.29) is 5.75 Å². The van der Waals surface area contributed by atoms with Gasteiger partial charge in [-0.25, -0.2) is 9.97 Å². The van der Waals surface area contributed by atoms with E-state index < -0.39 is 6.04 Å². The van der Waals surface area contributed by atoms with Gasteiger partial charge in [-0.15, -0.1) is 0 Å². The van der Waals surface area contributed by atoms with Gasteiger partial charge in [0.2, 0.25) is 0 Å². The van der Waals surface area contributed by atoms with E-state index in [9.17, 15) is 5.11 Å². The minimum Gasteiger partial charge on any atom is -0.505 e. The molecule has 152 valence electrons. The maximum Gasteiger partial charge on any atom is 0.147 e. The van der Waals surface area contributed by atoms with Crippen molar-refractivity contribution in [2.24, 2.45) is 0 Å². The van der Waals surface area contributed by atoms with Crippen LogP contribution in [0, 0.1) is 13.8 Å². The number of benzene rings is 2. The first-order valence-corrected chi connectivity index (χ1v) is 10.4. The molecule has 0 saturated heterocycles. The summed E-state index contributed by atoms with van der Waals surface area (Å²) in [6.07, 6.45) is 1.57. The lowest BCUT2D eigenvalue weighted by Crippen LogP contribution is -2.15. The second kappa shape index (κ2) is 8.31. The Balaban J connectivity index is 1.91. The summed E-state index contributed by atoms with van der Waals surface area (Å²) in [6, 6.07) is 14.2. The molecule has 30 heavy (non-hydrogen) atoms. The quantitative estimate of drug-likeness (QED) is 0.342. The van der Waals surface area contributed by atoms with Crippen molar-refractivity contribution in [1.29, 1.82) is 0 Å². The number of rotatable bonds is 4. The Morgan fingerprint density at radius 2 is 1.63 bits per heavy atom. The molecule has 0 saturated carbocycles. The fourth-order valence-corrected chi connectivity index (χ4v) is 4.14. The van der Waals surface area contributed by atoms with Crippen molar-refractivity contribution in [2.75, 3.05) is 5.32 Å². The molecular formula is C23H18Cl3N3O. The lowest BCUT2D eigenvalue weighted by atomic mass is 9.95. The molecule has 0 bridgehead atoms. The monoisotopic (exact) mass is 457 g/mol. The van der Waals surface area contributed by atoms with Gasteiger partial charge in [-0.2, -0.15) is 0 Å². The molecule has 2 aromatic heterocycles. The Hall–Kier alpha value is -2.53. The van der Waals surface area contributed by atoms with Crippen LogP contribution in [0.1, 0.15) is 28.4 Å². The van der Waals surface area contributed by atoms with Gasteiger partial charge in [0.25, 0.3) is 0 Å². The zero-order chi connectivity index (χ0) is 21.4. The summed E-state index contributed by atoms with van der Waals surface area (Å²) in [6.45, 7) is 3.80. The highest BCUT2D eigenvalue weighted by molar-refractivity contribution is 6.35. The number of hydrogen-bond acceptors (Lipinski definition) is 4. The van der Waals surface area contributed by atoms with Crippen molar-refractivity contribution in [1.82, 2.24) is 9.97 Å². The third kappa shape index (κ3) is 4.04. The van der Waals surface area contributed by atoms with E-state index in [4.69, 9.17) is 34.8 Å². The van der Waals surface area contributed by atoms with E-state index >= 15 is 0 Å². The molecule has 2 heterocycles. The minimum atomic E-state index is -0.492. The highest BCUT2D eigenvalue weighted by Gasteiger charge is 2.23. The van der Waals surface area contributed by atoms with E-state index in [1.54, 1.807) is 18.3 Å². The highest BCUT2D eigenvalue weighted by Crippen LogP contribution is 2.39. The average Bonchev–Trinajstić information content (AvgIpc) is 2.69. The standard InChI is InChI=1S/C23H18Cl3N3O/c1-12-9-16(25)11-27-23(12)29-21(17-8-6-15(24)10-19(17)26)18-7-5-14-4-3-13(2)28-20(14)22(18)30/h3-11,21,30H,1-2H3,(H,27,29). The number of aromatic hydroxyl groups is 1. The van der Waals surface area contributed by atoms with Gasteiger partial charge in [0, 0.05) is 32.9 Å². The van der Waals surface area contributed by atoms with E-state index in [0.29, 0.717) is 32.0 Å². The number of pyridine rings is 2. The topological polar surface area (TPSA) is 58.0 Å². The first-order valence-electron chi connectivity index (χ1n) is 9.26. The number of phenols is 1. The molecular weight excluding hydrogens is 441 g/mol. The molecule has 0 aliphatic heterocycles. The summed E-state index contributed by atoms with van der Waals surface area (Å²) in [5.74, 6) is 0.721. The van der Waals surface area contributed by atoms with Crippen LogP contribution in [0.25, 0.3) is 10.9 Å². The van der Waals surface area contributed by atoms with Gasteiger partial charge in [0.05, 0.1) is 11.1 Å². The van der Waals surface area contributed by atoms with Crippen molar-refractivity contribution in [3.8, 4) is 5.75 Å². The molecule has 1 atom stereocenters. The van der Waals surface area contributed by atoms with Crippen molar-refractivity contribution < 1.29 is 5.11 Å². The molecule has 2 N–H and O–H groups in total. The fraction of sp³-hybridized carbons (Fsp3) is 0.130. The number of hydrogen-bond donors (Lipinski definition) is 2. The molecule has 0 amide bonds. The number of anilines is 1. The summed E-state index contributed by atoms with van der Waals surface area (Å²) < 4.78 is 0. The van der Waals surface area contributed by atoms with Crippen LogP contribution in [0.15, 0.2) is 54.7 Å². The number of phenolic OH excluding ortho intramolecular Hbond substituents is 1. The maximum atomic E-state index is 11.1. The predicted octanol–water partition coefficient (Wildman–Crippen LogP) is 7.11. The zero-order valence-corrected chi connectivity index (χ0v) is 18.5. The SMILES string of the molecule is Cc1ccc2ccc(C(Nc3ncc(Cl)cc3C)c3ccc(Cl)cc3Cl)c(O)c2n1. The van der Waals surface area contributed by atoms with Crippen LogP contribution >= 0.6 is 34.8 Å². The third-order valence-electron chi connectivity index (χ3n) is 4.92. The summed E-state index contributed by atoms with van der Waals surface area (Å²) in [4.78, 5) is 8.93. The van der Waals surface area contributed by atoms with Crippen LogP contribution in [0.5, 0.6) is 5.75 Å². The van der Waals surface area contributed by atoms with Gasteiger partial charge in [-0.1, -0.05) is 59.1 Å². The van der Waals surface area contributed by atoms with Crippen molar-refractivity contribution in [3.63, 3.8) is 0 Å².